The van der Waals surface area contributed by atoms with E-state index in [-0.39, 0.29) is 5.82 Å². The highest BCUT2D eigenvalue weighted by molar-refractivity contribution is 5.64. The average molecular weight is 228 g/mol. The Morgan fingerprint density at radius 3 is 2.24 bits per heavy atom. The minimum absolute atomic E-state index is 0.186. The van der Waals surface area contributed by atoms with Crippen LogP contribution in [0.5, 0.6) is 0 Å². The van der Waals surface area contributed by atoms with Crippen molar-refractivity contribution in [2.24, 2.45) is 0 Å². The van der Waals surface area contributed by atoms with Crippen LogP contribution in [0.1, 0.15) is 24.5 Å². The van der Waals surface area contributed by atoms with Crippen molar-refractivity contribution in [1.82, 2.24) is 0 Å². The summed E-state index contributed by atoms with van der Waals surface area (Å²) in [4.78, 5) is 0. The van der Waals surface area contributed by atoms with E-state index in [1.165, 1.54) is 28.8 Å². The van der Waals surface area contributed by atoms with E-state index >= 15 is 0 Å². The Morgan fingerprint density at radius 1 is 0.941 bits per heavy atom. The second-order valence-electron chi connectivity index (χ2n) is 4.40. The summed E-state index contributed by atoms with van der Waals surface area (Å²) in [5.41, 5.74) is 4.95. The molecule has 0 aliphatic carbocycles. The van der Waals surface area contributed by atoms with Crippen molar-refractivity contribution in [2.45, 2.75) is 26.7 Å². The fourth-order valence-corrected chi connectivity index (χ4v) is 2.03. The molecule has 0 amide bonds. The van der Waals surface area contributed by atoms with Gasteiger partial charge in [-0.25, -0.2) is 4.39 Å². The molecule has 2 rings (SSSR count). The fourth-order valence-electron chi connectivity index (χ4n) is 2.03. The SMILES string of the molecule is CCCc1cc(-c2ccc(F)cc2)ccc1C. The molecule has 0 saturated heterocycles. The van der Waals surface area contributed by atoms with Crippen molar-refractivity contribution >= 4 is 0 Å². The van der Waals surface area contributed by atoms with E-state index in [2.05, 4.69) is 32.0 Å². The zero-order valence-electron chi connectivity index (χ0n) is 10.3. The molecule has 2 aromatic carbocycles. The lowest BCUT2D eigenvalue weighted by Crippen LogP contribution is -1.90. The van der Waals surface area contributed by atoms with Crippen LogP contribution in [0.3, 0.4) is 0 Å². The van der Waals surface area contributed by atoms with Gasteiger partial charge in [-0.1, -0.05) is 43.7 Å². The van der Waals surface area contributed by atoms with Crippen molar-refractivity contribution in [3.8, 4) is 11.1 Å². The maximum atomic E-state index is 12.9. The van der Waals surface area contributed by atoms with E-state index in [0.717, 1.165) is 18.4 Å². The highest BCUT2D eigenvalue weighted by Gasteiger charge is 2.02. The van der Waals surface area contributed by atoms with E-state index in [1.807, 2.05) is 12.1 Å². The van der Waals surface area contributed by atoms with Crippen LogP contribution in [-0.2, 0) is 6.42 Å². The molecule has 88 valence electrons. The first-order valence-corrected chi connectivity index (χ1v) is 6.06. The monoisotopic (exact) mass is 228 g/mol. The van der Waals surface area contributed by atoms with E-state index in [4.69, 9.17) is 0 Å². The molecule has 0 aliphatic heterocycles. The maximum Gasteiger partial charge on any atom is 0.123 e. The third-order valence-corrected chi connectivity index (χ3v) is 3.05. The Balaban J connectivity index is 2.39. The van der Waals surface area contributed by atoms with Crippen LogP contribution in [-0.4, -0.2) is 0 Å². The average Bonchev–Trinajstić information content (AvgIpc) is 2.33. The molecule has 1 heteroatoms. The minimum Gasteiger partial charge on any atom is -0.207 e. The van der Waals surface area contributed by atoms with Gasteiger partial charge in [0.2, 0.25) is 0 Å². The van der Waals surface area contributed by atoms with E-state index in [1.54, 1.807) is 0 Å². The van der Waals surface area contributed by atoms with Gasteiger partial charge in [0.15, 0.2) is 0 Å². The van der Waals surface area contributed by atoms with Crippen molar-refractivity contribution in [2.75, 3.05) is 0 Å². The first kappa shape index (κ1) is 11.8. The molecule has 0 aliphatic rings. The molecule has 0 N–H and O–H groups in total. The first-order valence-electron chi connectivity index (χ1n) is 6.06. The largest absolute Gasteiger partial charge is 0.207 e. The Labute approximate surface area is 102 Å². The molecule has 17 heavy (non-hydrogen) atoms. The highest BCUT2D eigenvalue weighted by atomic mass is 19.1. The van der Waals surface area contributed by atoms with Crippen LogP contribution in [0, 0.1) is 12.7 Å². The molecule has 0 saturated carbocycles. The Kier molecular flexibility index (Phi) is 3.58. The van der Waals surface area contributed by atoms with Gasteiger partial charge in [0.1, 0.15) is 5.82 Å². The van der Waals surface area contributed by atoms with Crippen LogP contribution in [0.2, 0.25) is 0 Å². The maximum absolute atomic E-state index is 12.9. The number of aryl methyl sites for hydroxylation is 2. The highest BCUT2D eigenvalue weighted by Crippen LogP contribution is 2.23. The van der Waals surface area contributed by atoms with Gasteiger partial charge in [-0.2, -0.15) is 0 Å². The Bertz CT molecular complexity index is 497. The minimum atomic E-state index is -0.186. The summed E-state index contributed by atoms with van der Waals surface area (Å²) >= 11 is 0. The molecule has 0 aromatic heterocycles. The Hall–Kier alpha value is -1.63. The predicted molar refractivity (Wildman–Crippen MR) is 70.6 cm³/mol. The standard InChI is InChI=1S/C16H17F/c1-3-4-14-11-15(6-5-12(14)2)13-7-9-16(17)10-8-13/h5-11H,3-4H2,1-2H3. The molecule has 0 bridgehead atoms. The summed E-state index contributed by atoms with van der Waals surface area (Å²) in [6.07, 6.45) is 2.24. The number of benzene rings is 2. The first-order chi connectivity index (χ1) is 8.20. The van der Waals surface area contributed by atoms with E-state index < -0.39 is 0 Å². The lowest BCUT2D eigenvalue weighted by molar-refractivity contribution is 0.628. The lowest BCUT2D eigenvalue weighted by atomic mass is 9.97. The second-order valence-corrected chi connectivity index (χ2v) is 4.40. The molecule has 0 unspecified atom stereocenters. The summed E-state index contributed by atoms with van der Waals surface area (Å²) in [6.45, 7) is 4.32. The van der Waals surface area contributed by atoms with Crippen molar-refractivity contribution in [3.05, 3.63) is 59.4 Å². The topological polar surface area (TPSA) is 0 Å². The number of hydrogen-bond donors (Lipinski definition) is 0. The van der Waals surface area contributed by atoms with Gasteiger partial charge in [0.05, 0.1) is 0 Å². The van der Waals surface area contributed by atoms with E-state index in [0.29, 0.717) is 0 Å². The van der Waals surface area contributed by atoms with Gasteiger partial charge >= 0.3 is 0 Å². The van der Waals surface area contributed by atoms with Gasteiger partial charge in [-0.05, 0) is 47.7 Å². The number of hydrogen-bond acceptors (Lipinski definition) is 0. The molecule has 0 nitrogen and oxygen atoms in total. The molecule has 2 aromatic rings. The zero-order valence-corrected chi connectivity index (χ0v) is 10.3. The second kappa shape index (κ2) is 5.13. The normalized spacial score (nSPS) is 10.5. The summed E-state index contributed by atoms with van der Waals surface area (Å²) in [5.74, 6) is -0.186. The molecular formula is C16H17F. The molecule has 0 atom stereocenters. The Morgan fingerprint density at radius 2 is 1.59 bits per heavy atom. The number of halogens is 1. The molecule has 0 radical (unpaired) electrons. The molecule has 0 heterocycles. The fraction of sp³-hybridized carbons (Fsp3) is 0.250. The predicted octanol–water partition coefficient (Wildman–Crippen LogP) is 4.75. The summed E-state index contributed by atoms with van der Waals surface area (Å²) in [5, 5.41) is 0. The molecule has 0 fully saturated rings. The number of rotatable bonds is 3. The van der Waals surface area contributed by atoms with Crippen molar-refractivity contribution < 1.29 is 4.39 Å². The quantitative estimate of drug-likeness (QED) is 0.711. The lowest BCUT2D eigenvalue weighted by Gasteiger charge is -2.08. The van der Waals surface area contributed by atoms with Crippen molar-refractivity contribution in [1.29, 1.82) is 0 Å². The summed E-state index contributed by atoms with van der Waals surface area (Å²) in [7, 11) is 0. The van der Waals surface area contributed by atoms with E-state index in [9.17, 15) is 4.39 Å². The van der Waals surface area contributed by atoms with Crippen molar-refractivity contribution in [3.63, 3.8) is 0 Å². The van der Waals surface area contributed by atoms with Gasteiger partial charge in [-0.15, -0.1) is 0 Å². The van der Waals surface area contributed by atoms with Gasteiger partial charge < -0.3 is 0 Å². The molecular weight excluding hydrogens is 211 g/mol. The van der Waals surface area contributed by atoms with Crippen LogP contribution in [0.4, 0.5) is 4.39 Å². The van der Waals surface area contributed by atoms with Gasteiger partial charge in [-0.3, -0.25) is 0 Å². The van der Waals surface area contributed by atoms with Gasteiger partial charge in [0, 0.05) is 0 Å². The summed E-state index contributed by atoms with van der Waals surface area (Å²) < 4.78 is 12.9. The van der Waals surface area contributed by atoms with Crippen LogP contribution < -0.4 is 0 Å². The van der Waals surface area contributed by atoms with Crippen LogP contribution in [0.15, 0.2) is 42.5 Å². The van der Waals surface area contributed by atoms with Crippen LogP contribution >= 0.6 is 0 Å². The van der Waals surface area contributed by atoms with Crippen LogP contribution in [0.25, 0.3) is 11.1 Å². The zero-order chi connectivity index (χ0) is 12.3. The third kappa shape index (κ3) is 2.73. The molecule has 0 spiro atoms. The van der Waals surface area contributed by atoms with Gasteiger partial charge in [0.25, 0.3) is 0 Å². The third-order valence-electron chi connectivity index (χ3n) is 3.05. The smallest absolute Gasteiger partial charge is 0.123 e. The summed E-state index contributed by atoms with van der Waals surface area (Å²) in [6, 6.07) is 13.1.